The van der Waals surface area contributed by atoms with Gasteiger partial charge >= 0.3 is 0 Å². The Morgan fingerprint density at radius 3 is 3.05 bits per heavy atom. The molecule has 0 saturated heterocycles. The van der Waals surface area contributed by atoms with Crippen molar-refractivity contribution in [2.45, 2.75) is 42.9 Å². The molecule has 5 heteroatoms. The zero-order valence-electron chi connectivity index (χ0n) is 11.8. The Hall–Kier alpha value is -1.33. The van der Waals surface area contributed by atoms with E-state index in [-0.39, 0.29) is 11.3 Å². The normalized spacial score (nSPS) is 19.0. The van der Waals surface area contributed by atoms with Crippen LogP contribution in [0.25, 0.3) is 0 Å². The van der Waals surface area contributed by atoms with Gasteiger partial charge in [-0.3, -0.25) is 0 Å². The van der Waals surface area contributed by atoms with Gasteiger partial charge in [0, 0.05) is 4.90 Å². The van der Waals surface area contributed by atoms with E-state index in [9.17, 15) is 0 Å². The fraction of sp³-hybridized carbons (Fsp3) is 0.467. The molecule has 0 aliphatic carbocycles. The van der Waals surface area contributed by atoms with E-state index in [2.05, 4.69) is 53.6 Å². The van der Waals surface area contributed by atoms with Crippen molar-refractivity contribution in [3.8, 4) is 0 Å². The third-order valence-corrected chi connectivity index (χ3v) is 4.75. The van der Waals surface area contributed by atoms with Gasteiger partial charge in [0.15, 0.2) is 0 Å². The number of hydrogen-bond donors (Lipinski definition) is 1. The predicted octanol–water partition coefficient (Wildman–Crippen LogP) is 3.52. The number of nitrogens with zero attached hydrogens (tertiary/aromatic N) is 2. The molecule has 106 valence electrons. The average molecular weight is 289 g/mol. The molecule has 20 heavy (non-hydrogen) atoms. The van der Waals surface area contributed by atoms with Crippen molar-refractivity contribution < 1.29 is 4.42 Å². The summed E-state index contributed by atoms with van der Waals surface area (Å²) in [4.78, 5) is 1.33. The third-order valence-electron chi connectivity index (χ3n) is 3.45. The minimum Gasteiger partial charge on any atom is -0.422 e. The van der Waals surface area contributed by atoms with Crippen molar-refractivity contribution in [3.05, 3.63) is 41.6 Å². The van der Waals surface area contributed by atoms with Crippen molar-refractivity contribution in [3.63, 3.8) is 0 Å². The molecule has 0 bridgehead atoms. The van der Waals surface area contributed by atoms with Crippen molar-refractivity contribution in [2.24, 2.45) is 0 Å². The van der Waals surface area contributed by atoms with Crippen LogP contribution in [0.2, 0.25) is 0 Å². The molecule has 4 nitrogen and oxygen atoms in total. The summed E-state index contributed by atoms with van der Waals surface area (Å²) in [5.74, 6) is 1.43. The lowest BCUT2D eigenvalue weighted by Gasteiger charge is -2.08. The number of hydrogen-bond acceptors (Lipinski definition) is 5. The zero-order chi connectivity index (χ0) is 13.9. The van der Waals surface area contributed by atoms with Crippen molar-refractivity contribution in [1.29, 1.82) is 0 Å². The van der Waals surface area contributed by atoms with Gasteiger partial charge in [0.05, 0.1) is 11.3 Å². The van der Waals surface area contributed by atoms with Gasteiger partial charge in [-0.05, 0) is 37.9 Å². The zero-order valence-corrected chi connectivity index (χ0v) is 12.6. The molecule has 1 aromatic heterocycles. The largest absolute Gasteiger partial charge is 0.422 e. The molecule has 0 fully saturated rings. The summed E-state index contributed by atoms with van der Waals surface area (Å²) in [5.41, 5.74) is 1.37. The summed E-state index contributed by atoms with van der Waals surface area (Å²) >= 11 is 1.82. The number of aromatic nitrogens is 2. The maximum Gasteiger partial charge on any atom is 0.233 e. The van der Waals surface area contributed by atoms with Crippen LogP contribution in [0.4, 0.5) is 0 Å². The van der Waals surface area contributed by atoms with Gasteiger partial charge in [0.2, 0.25) is 11.8 Å². The molecule has 1 aliphatic heterocycles. The Bertz CT molecular complexity index is 559. The van der Waals surface area contributed by atoms with Crippen LogP contribution in [0.5, 0.6) is 0 Å². The lowest BCUT2D eigenvalue weighted by Crippen LogP contribution is -2.19. The van der Waals surface area contributed by atoms with Gasteiger partial charge < -0.3 is 9.73 Å². The maximum atomic E-state index is 5.85. The minimum absolute atomic E-state index is 0.116. The summed E-state index contributed by atoms with van der Waals surface area (Å²) in [5, 5.41) is 12.0. The highest BCUT2D eigenvalue weighted by Crippen LogP contribution is 2.45. The Morgan fingerprint density at radius 2 is 2.25 bits per heavy atom. The fourth-order valence-corrected chi connectivity index (χ4v) is 3.54. The van der Waals surface area contributed by atoms with Crippen molar-refractivity contribution >= 4 is 11.8 Å². The molecule has 2 heterocycles. The van der Waals surface area contributed by atoms with E-state index < -0.39 is 0 Å². The fourth-order valence-electron chi connectivity index (χ4n) is 2.32. The minimum atomic E-state index is 0.116. The third kappa shape index (κ3) is 2.74. The first-order valence-corrected chi connectivity index (χ1v) is 7.97. The van der Waals surface area contributed by atoms with E-state index in [1.54, 1.807) is 0 Å². The lowest BCUT2D eigenvalue weighted by atomic mass is 10.1. The monoisotopic (exact) mass is 289 g/mol. The average Bonchev–Trinajstić information content (AvgIpc) is 3.10. The maximum absolute atomic E-state index is 5.85. The first kappa shape index (κ1) is 13.6. The van der Waals surface area contributed by atoms with E-state index in [0.29, 0.717) is 5.89 Å². The highest BCUT2D eigenvalue weighted by atomic mass is 32.2. The SMILES string of the molecule is CCCNC(C)c1nnc(C2Cc3ccccc3S2)o1. The molecule has 1 aliphatic rings. The van der Waals surface area contributed by atoms with E-state index in [1.165, 1.54) is 10.5 Å². The standard InChI is InChI=1S/C15H19N3OS/c1-3-8-16-10(2)14-17-18-15(19-14)13-9-11-6-4-5-7-12(11)20-13/h4-7,10,13,16H,3,8-9H2,1-2H3. The Kier molecular flexibility index (Phi) is 4.08. The van der Waals surface area contributed by atoms with Gasteiger partial charge in [-0.1, -0.05) is 25.1 Å². The quantitative estimate of drug-likeness (QED) is 0.912. The van der Waals surface area contributed by atoms with E-state index in [1.807, 2.05) is 11.8 Å². The molecule has 0 spiro atoms. The summed E-state index contributed by atoms with van der Waals surface area (Å²) in [6.07, 6.45) is 2.07. The summed E-state index contributed by atoms with van der Waals surface area (Å²) in [6.45, 7) is 5.16. The molecule has 3 rings (SSSR count). The van der Waals surface area contributed by atoms with Crippen molar-refractivity contribution in [2.75, 3.05) is 6.54 Å². The summed E-state index contributed by atoms with van der Waals surface area (Å²) < 4.78 is 5.85. The Morgan fingerprint density at radius 1 is 1.40 bits per heavy atom. The highest BCUT2D eigenvalue weighted by molar-refractivity contribution is 7.99. The lowest BCUT2D eigenvalue weighted by molar-refractivity contribution is 0.392. The van der Waals surface area contributed by atoms with Crippen molar-refractivity contribution in [1.82, 2.24) is 15.5 Å². The van der Waals surface area contributed by atoms with Gasteiger partial charge in [-0.2, -0.15) is 0 Å². The Balaban J connectivity index is 1.69. The van der Waals surface area contributed by atoms with Crippen LogP contribution >= 0.6 is 11.8 Å². The van der Waals surface area contributed by atoms with E-state index >= 15 is 0 Å². The topological polar surface area (TPSA) is 51.0 Å². The van der Waals surface area contributed by atoms with Gasteiger partial charge in [0.25, 0.3) is 0 Å². The second-order valence-corrected chi connectivity index (χ2v) is 6.32. The number of rotatable bonds is 5. The predicted molar refractivity (Wildman–Crippen MR) is 79.8 cm³/mol. The van der Waals surface area contributed by atoms with Crippen LogP contribution in [0.3, 0.4) is 0 Å². The number of fused-ring (bicyclic) bond motifs is 1. The van der Waals surface area contributed by atoms with E-state index in [4.69, 9.17) is 4.42 Å². The van der Waals surface area contributed by atoms with Crippen LogP contribution in [0.1, 0.15) is 48.9 Å². The van der Waals surface area contributed by atoms with Gasteiger partial charge in [-0.15, -0.1) is 22.0 Å². The van der Waals surface area contributed by atoms with Crippen LogP contribution in [-0.4, -0.2) is 16.7 Å². The summed E-state index contributed by atoms with van der Waals surface area (Å²) in [6, 6.07) is 8.60. The second-order valence-electron chi connectivity index (χ2n) is 5.07. The van der Waals surface area contributed by atoms with Crippen LogP contribution in [-0.2, 0) is 6.42 Å². The van der Waals surface area contributed by atoms with Crippen LogP contribution < -0.4 is 5.32 Å². The van der Waals surface area contributed by atoms with E-state index in [0.717, 1.165) is 25.3 Å². The molecular formula is C15H19N3OS. The smallest absolute Gasteiger partial charge is 0.233 e. The van der Waals surface area contributed by atoms with Gasteiger partial charge in [-0.25, -0.2) is 0 Å². The molecular weight excluding hydrogens is 270 g/mol. The molecule has 1 N–H and O–H groups in total. The highest BCUT2D eigenvalue weighted by Gasteiger charge is 2.28. The summed E-state index contributed by atoms with van der Waals surface area (Å²) in [7, 11) is 0. The molecule has 2 aromatic rings. The number of thioether (sulfide) groups is 1. The first-order chi connectivity index (χ1) is 9.78. The van der Waals surface area contributed by atoms with Crippen LogP contribution in [0.15, 0.2) is 33.6 Å². The van der Waals surface area contributed by atoms with Gasteiger partial charge in [0.1, 0.15) is 0 Å². The molecule has 0 saturated carbocycles. The number of nitrogens with one attached hydrogen (secondary N) is 1. The second kappa shape index (κ2) is 5.97. The molecule has 0 radical (unpaired) electrons. The molecule has 2 atom stereocenters. The van der Waals surface area contributed by atoms with Crippen LogP contribution in [0, 0.1) is 0 Å². The first-order valence-electron chi connectivity index (χ1n) is 7.09. The molecule has 2 unspecified atom stereocenters. The molecule has 1 aromatic carbocycles. The number of benzene rings is 1. The molecule has 0 amide bonds. The Labute approximate surface area is 123 Å².